The zero-order valence-corrected chi connectivity index (χ0v) is 15.1. The van der Waals surface area contributed by atoms with Crippen LogP contribution in [-0.2, 0) is 4.79 Å². The molecule has 0 bridgehead atoms. The van der Waals surface area contributed by atoms with Crippen LogP contribution in [0.4, 0.5) is 5.69 Å². The first-order chi connectivity index (χ1) is 12.1. The average molecular weight is 344 g/mol. The first-order valence-electron chi connectivity index (χ1n) is 9.70. The molecule has 0 unspecified atom stereocenters. The summed E-state index contributed by atoms with van der Waals surface area (Å²) in [6.07, 6.45) is 9.05. The third-order valence-electron chi connectivity index (χ3n) is 5.72. The average Bonchev–Trinajstić information content (AvgIpc) is 2.94. The minimum absolute atomic E-state index is 0.0417. The lowest BCUT2D eigenvalue weighted by molar-refractivity contribution is -0.118. The second kappa shape index (κ2) is 6.87. The lowest BCUT2D eigenvalue weighted by Gasteiger charge is -2.32. The van der Waals surface area contributed by atoms with E-state index in [0.717, 1.165) is 49.4 Å². The number of hydrogen-bond donors (Lipinski definition) is 1. The lowest BCUT2D eigenvalue weighted by Crippen LogP contribution is -2.42. The first-order valence-corrected chi connectivity index (χ1v) is 9.70. The summed E-state index contributed by atoms with van der Waals surface area (Å²) in [4.78, 5) is 14.7. The lowest BCUT2D eigenvalue weighted by atomic mass is 9.94. The Bertz CT molecular complexity index is 640. The number of ether oxygens (including phenoxy) is 2. The van der Waals surface area contributed by atoms with E-state index in [0.29, 0.717) is 12.6 Å². The van der Waals surface area contributed by atoms with Gasteiger partial charge in [-0.25, -0.2) is 0 Å². The standard InChI is InChI=1S/C20H28N2O3/c1-15-7-3-6-12-22(15)14-19(23)21-16-8-9-17-18(13-16)25-20(24-17)10-4-2-5-11-20/h8-9,13,15H,2-7,10-12,14H2,1H3,(H,21,23)/t15-/m0/s1. The van der Waals surface area contributed by atoms with Crippen LogP contribution in [0.3, 0.4) is 0 Å². The van der Waals surface area contributed by atoms with Gasteiger partial charge < -0.3 is 14.8 Å². The molecule has 5 nitrogen and oxygen atoms in total. The highest BCUT2D eigenvalue weighted by molar-refractivity contribution is 5.92. The number of carbonyl (C=O) groups excluding carboxylic acids is 1. The number of benzene rings is 1. The minimum atomic E-state index is -0.466. The molecule has 4 rings (SSSR count). The maximum atomic E-state index is 12.4. The molecule has 136 valence electrons. The van der Waals surface area contributed by atoms with E-state index < -0.39 is 5.79 Å². The van der Waals surface area contributed by atoms with Crippen molar-refractivity contribution >= 4 is 11.6 Å². The van der Waals surface area contributed by atoms with E-state index >= 15 is 0 Å². The highest BCUT2D eigenvalue weighted by atomic mass is 16.7. The molecule has 1 spiro atoms. The van der Waals surface area contributed by atoms with Crippen molar-refractivity contribution in [1.82, 2.24) is 4.90 Å². The normalized spacial score (nSPS) is 25.1. The van der Waals surface area contributed by atoms with Crippen LogP contribution in [0, 0.1) is 0 Å². The monoisotopic (exact) mass is 344 g/mol. The molecule has 2 fully saturated rings. The zero-order valence-electron chi connectivity index (χ0n) is 15.1. The fourth-order valence-electron chi connectivity index (χ4n) is 4.24. The SMILES string of the molecule is C[C@H]1CCCCN1CC(=O)Nc1ccc2c(c1)OC1(CCCCC1)O2. The van der Waals surface area contributed by atoms with Crippen LogP contribution in [0.2, 0.25) is 0 Å². The second-order valence-electron chi connectivity index (χ2n) is 7.70. The molecule has 1 saturated carbocycles. The molecule has 1 aliphatic carbocycles. The van der Waals surface area contributed by atoms with Crippen molar-refractivity contribution in [3.8, 4) is 11.5 Å². The zero-order chi connectivity index (χ0) is 17.3. The highest BCUT2D eigenvalue weighted by Crippen LogP contribution is 2.46. The number of nitrogens with zero attached hydrogens (tertiary/aromatic N) is 1. The topological polar surface area (TPSA) is 50.8 Å². The Morgan fingerprint density at radius 1 is 1.16 bits per heavy atom. The van der Waals surface area contributed by atoms with Crippen LogP contribution in [0.25, 0.3) is 0 Å². The summed E-state index contributed by atoms with van der Waals surface area (Å²) in [5.41, 5.74) is 0.782. The maximum Gasteiger partial charge on any atom is 0.251 e. The first kappa shape index (κ1) is 16.7. The Hall–Kier alpha value is -1.75. The number of carbonyl (C=O) groups is 1. The highest BCUT2D eigenvalue weighted by Gasteiger charge is 2.42. The van der Waals surface area contributed by atoms with Crippen LogP contribution in [0.1, 0.15) is 58.3 Å². The number of anilines is 1. The third-order valence-corrected chi connectivity index (χ3v) is 5.72. The van der Waals surface area contributed by atoms with Gasteiger partial charge in [0.25, 0.3) is 5.79 Å². The van der Waals surface area contributed by atoms with Gasteiger partial charge >= 0.3 is 0 Å². The molecular weight excluding hydrogens is 316 g/mol. The van der Waals surface area contributed by atoms with Crippen molar-refractivity contribution in [3.05, 3.63) is 18.2 Å². The van der Waals surface area contributed by atoms with Gasteiger partial charge in [-0.1, -0.05) is 12.8 Å². The van der Waals surface area contributed by atoms with Crippen molar-refractivity contribution in [2.24, 2.45) is 0 Å². The van der Waals surface area contributed by atoms with Gasteiger partial charge in [0.1, 0.15) is 0 Å². The van der Waals surface area contributed by atoms with E-state index in [1.165, 1.54) is 25.7 Å². The Morgan fingerprint density at radius 3 is 2.76 bits per heavy atom. The minimum Gasteiger partial charge on any atom is -0.448 e. The van der Waals surface area contributed by atoms with Gasteiger partial charge in [0.05, 0.1) is 6.54 Å². The fraction of sp³-hybridized carbons (Fsp3) is 0.650. The van der Waals surface area contributed by atoms with Crippen molar-refractivity contribution < 1.29 is 14.3 Å². The van der Waals surface area contributed by atoms with E-state index in [1.54, 1.807) is 0 Å². The van der Waals surface area contributed by atoms with Gasteiger partial charge in [-0.05, 0) is 51.3 Å². The Balaban J connectivity index is 1.38. The fourth-order valence-corrected chi connectivity index (χ4v) is 4.24. The number of likely N-dealkylation sites (tertiary alicyclic amines) is 1. The summed E-state index contributed by atoms with van der Waals surface area (Å²) in [5.74, 6) is 1.13. The number of fused-ring (bicyclic) bond motifs is 1. The smallest absolute Gasteiger partial charge is 0.251 e. The number of piperidine rings is 1. The van der Waals surface area contributed by atoms with E-state index in [4.69, 9.17) is 9.47 Å². The summed E-state index contributed by atoms with van der Waals surface area (Å²) >= 11 is 0. The predicted octanol–water partition coefficient (Wildman–Crippen LogP) is 3.93. The summed E-state index contributed by atoms with van der Waals surface area (Å²) in [6.45, 7) is 3.68. The van der Waals surface area contributed by atoms with Crippen LogP contribution in [0.15, 0.2) is 18.2 Å². The predicted molar refractivity (Wildman–Crippen MR) is 97.0 cm³/mol. The molecule has 5 heteroatoms. The molecule has 25 heavy (non-hydrogen) atoms. The molecule has 1 atom stereocenters. The van der Waals surface area contributed by atoms with E-state index in [-0.39, 0.29) is 5.91 Å². The Labute approximate surface area is 149 Å². The molecule has 1 N–H and O–H groups in total. The summed E-state index contributed by atoms with van der Waals surface area (Å²) in [6, 6.07) is 6.21. The van der Waals surface area contributed by atoms with Crippen LogP contribution >= 0.6 is 0 Å². The van der Waals surface area contributed by atoms with Gasteiger partial charge in [-0.15, -0.1) is 0 Å². The Morgan fingerprint density at radius 2 is 1.96 bits per heavy atom. The summed E-state index contributed by atoms with van der Waals surface area (Å²) in [7, 11) is 0. The van der Waals surface area contributed by atoms with E-state index in [9.17, 15) is 4.79 Å². The van der Waals surface area contributed by atoms with Gasteiger partial charge in [0.2, 0.25) is 5.91 Å². The van der Waals surface area contributed by atoms with Gasteiger partial charge in [0.15, 0.2) is 11.5 Å². The molecule has 1 aromatic rings. The van der Waals surface area contributed by atoms with Gasteiger partial charge in [-0.2, -0.15) is 0 Å². The van der Waals surface area contributed by atoms with Crippen LogP contribution < -0.4 is 14.8 Å². The molecule has 1 saturated heterocycles. The number of rotatable bonds is 3. The van der Waals surface area contributed by atoms with Crippen molar-refractivity contribution in [2.75, 3.05) is 18.4 Å². The van der Waals surface area contributed by atoms with Crippen molar-refractivity contribution in [3.63, 3.8) is 0 Å². The molecule has 2 aliphatic heterocycles. The van der Waals surface area contributed by atoms with Crippen molar-refractivity contribution in [1.29, 1.82) is 0 Å². The van der Waals surface area contributed by atoms with E-state index in [2.05, 4.69) is 17.1 Å². The van der Waals surface area contributed by atoms with E-state index in [1.807, 2.05) is 18.2 Å². The summed E-state index contributed by atoms with van der Waals surface area (Å²) in [5, 5.41) is 3.01. The molecular formula is C20H28N2O3. The van der Waals surface area contributed by atoms with Gasteiger partial charge in [-0.3, -0.25) is 9.69 Å². The third kappa shape index (κ3) is 3.61. The quantitative estimate of drug-likeness (QED) is 0.902. The number of hydrogen-bond acceptors (Lipinski definition) is 4. The molecule has 0 radical (unpaired) electrons. The maximum absolute atomic E-state index is 12.4. The molecule has 1 amide bonds. The second-order valence-corrected chi connectivity index (χ2v) is 7.70. The largest absolute Gasteiger partial charge is 0.448 e. The van der Waals surface area contributed by atoms with Crippen LogP contribution in [0.5, 0.6) is 11.5 Å². The number of nitrogens with one attached hydrogen (secondary N) is 1. The van der Waals surface area contributed by atoms with Gasteiger partial charge in [0, 0.05) is 30.6 Å². The number of amides is 1. The molecule has 0 aromatic heterocycles. The van der Waals surface area contributed by atoms with Crippen molar-refractivity contribution in [2.45, 2.75) is 70.1 Å². The molecule has 2 heterocycles. The summed E-state index contributed by atoms with van der Waals surface area (Å²) < 4.78 is 12.2. The Kier molecular flexibility index (Phi) is 4.59. The van der Waals surface area contributed by atoms with Crippen LogP contribution in [-0.4, -0.2) is 35.7 Å². The molecule has 1 aromatic carbocycles. The molecule has 3 aliphatic rings.